The maximum atomic E-state index is 5.36. The largest absolute Gasteiger partial charge is 0.206 e. The van der Waals surface area contributed by atoms with E-state index < -0.39 is 13.0 Å². The van der Waals surface area contributed by atoms with E-state index in [9.17, 15) is 0 Å². The summed E-state index contributed by atoms with van der Waals surface area (Å²) in [6, 6.07) is 0. The second-order valence-corrected chi connectivity index (χ2v) is 8.13. The number of alkyl halides is 8. The first-order chi connectivity index (χ1) is 6.00. The van der Waals surface area contributed by atoms with Gasteiger partial charge in [-0.2, -0.15) is 0 Å². The van der Waals surface area contributed by atoms with Gasteiger partial charge in [0.05, 0.1) is 5.38 Å². The van der Waals surface area contributed by atoms with Gasteiger partial charge in [-0.15, -0.1) is 23.2 Å². The van der Waals surface area contributed by atoms with E-state index in [1.807, 2.05) is 0 Å². The highest BCUT2D eigenvalue weighted by Gasteiger charge is 2.25. The molecule has 0 saturated carbocycles. The Morgan fingerprint density at radius 3 is 1.29 bits per heavy atom. The molecule has 0 bridgehead atoms. The summed E-state index contributed by atoms with van der Waals surface area (Å²) in [6.07, 6.45) is 0.402. The van der Waals surface area contributed by atoms with E-state index in [4.69, 9.17) is 92.8 Å². The van der Waals surface area contributed by atoms with Gasteiger partial charge in [-0.25, -0.2) is 0 Å². The van der Waals surface area contributed by atoms with Crippen molar-refractivity contribution in [3.8, 4) is 0 Å². The maximum absolute atomic E-state index is 5.36. The zero-order valence-corrected chi connectivity index (χ0v) is 13.1. The highest BCUT2D eigenvalue weighted by atomic mass is 35.6. The van der Waals surface area contributed by atoms with Crippen molar-refractivity contribution in [1.29, 1.82) is 0 Å². The molecule has 0 aromatic rings. The minimum absolute atomic E-state index is 0.385. The summed E-state index contributed by atoms with van der Waals surface area (Å²) < 4.78 is -2.48. The molecular formula is C6H8Cl8. The van der Waals surface area contributed by atoms with E-state index in [2.05, 4.69) is 0 Å². The molecule has 0 fully saturated rings. The minimum Gasteiger partial charge on any atom is -0.127 e. The van der Waals surface area contributed by atoms with Crippen molar-refractivity contribution in [1.82, 2.24) is 0 Å². The van der Waals surface area contributed by atoms with Crippen LogP contribution >= 0.6 is 92.8 Å². The fourth-order valence-corrected chi connectivity index (χ4v) is 0.964. The highest BCUT2D eigenvalue weighted by molar-refractivity contribution is 6.70. The van der Waals surface area contributed by atoms with Crippen molar-refractivity contribution in [3.05, 3.63) is 0 Å². The van der Waals surface area contributed by atoms with Crippen LogP contribution in [-0.4, -0.2) is 18.8 Å². The van der Waals surface area contributed by atoms with Crippen molar-refractivity contribution >= 4 is 92.8 Å². The van der Waals surface area contributed by atoms with Gasteiger partial charge in [0.2, 0.25) is 3.79 Å². The van der Waals surface area contributed by atoms with E-state index >= 15 is 0 Å². The van der Waals surface area contributed by atoms with Crippen LogP contribution in [0.1, 0.15) is 13.3 Å². The van der Waals surface area contributed by atoms with Gasteiger partial charge in [0.15, 0.2) is 3.79 Å². The van der Waals surface area contributed by atoms with Crippen molar-refractivity contribution < 1.29 is 0 Å². The minimum atomic E-state index is -1.32. The van der Waals surface area contributed by atoms with Gasteiger partial charge in [-0.3, -0.25) is 0 Å². The molecule has 0 rings (SSSR count). The Kier molecular flexibility index (Phi) is 11.2. The second-order valence-electron chi connectivity index (χ2n) is 2.21. The van der Waals surface area contributed by atoms with Crippen LogP contribution in [0.2, 0.25) is 0 Å². The van der Waals surface area contributed by atoms with E-state index in [-0.39, 0.29) is 0 Å². The molecule has 0 aliphatic heterocycles. The molecule has 88 valence electrons. The van der Waals surface area contributed by atoms with Crippen LogP contribution in [0.3, 0.4) is 0 Å². The van der Waals surface area contributed by atoms with Crippen molar-refractivity contribution in [2.24, 2.45) is 0 Å². The lowest BCUT2D eigenvalue weighted by atomic mass is 10.5. The van der Waals surface area contributed by atoms with Crippen LogP contribution < -0.4 is 0 Å². The molecule has 0 saturated heterocycles. The lowest BCUT2D eigenvalue weighted by molar-refractivity contribution is 0.983. The van der Waals surface area contributed by atoms with Gasteiger partial charge in [0.1, 0.15) is 0 Å². The monoisotopic (exact) mass is 360 g/mol. The third-order valence-corrected chi connectivity index (χ3v) is 3.23. The first kappa shape index (κ1) is 18.7. The first-order valence-corrected chi connectivity index (χ1v) is 6.58. The van der Waals surface area contributed by atoms with E-state index in [1.54, 1.807) is 6.92 Å². The molecule has 0 radical (unpaired) electrons. The lowest BCUT2D eigenvalue weighted by Gasteiger charge is -2.11. The van der Waals surface area contributed by atoms with Crippen LogP contribution in [0.15, 0.2) is 0 Å². The van der Waals surface area contributed by atoms with Gasteiger partial charge >= 0.3 is 0 Å². The summed E-state index contributed by atoms with van der Waals surface area (Å²) in [6.45, 7) is 1.62. The standard InChI is InChI=1S/2C3H4Cl4/c1-2(4)3(5,6)7;4-2-1-3(5,6)7/h2H,1H3;1-2H2. The Labute approximate surface area is 124 Å². The maximum Gasteiger partial charge on any atom is 0.206 e. The van der Waals surface area contributed by atoms with Gasteiger partial charge in [-0.05, 0) is 6.92 Å². The molecule has 0 spiro atoms. The Hall–Kier alpha value is 2.32. The van der Waals surface area contributed by atoms with Crippen LogP contribution in [-0.2, 0) is 0 Å². The van der Waals surface area contributed by atoms with Crippen LogP contribution in [0.25, 0.3) is 0 Å². The Bertz CT molecular complexity index is 132. The molecule has 0 aromatic carbocycles. The van der Waals surface area contributed by atoms with Gasteiger partial charge in [0.25, 0.3) is 0 Å². The van der Waals surface area contributed by atoms with Crippen molar-refractivity contribution in [2.45, 2.75) is 26.3 Å². The molecule has 14 heavy (non-hydrogen) atoms. The summed E-state index contributed by atoms with van der Waals surface area (Å²) in [4.78, 5) is 0. The first-order valence-electron chi connectivity index (χ1n) is 3.34. The van der Waals surface area contributed by atoms with E-state index in [0.717, 1.165) is 0 Å². The average molecular weight is 364 g/mol. The van der Waals surface area contributed by atoms with Crippen molar-refractivity contribution in [2.75, 3.05) is 5.88 Å². The zero-order chi connectivity index (χ0) is 12.0. The highest BCUT2D eigenvalue weighted by Crippen LogP contribution is 2.33. The quantitative estimate of drug-likeness (QED) is 0.503. The lowest BCUT2D eigenvalue weighted by Crippen LogP contribution is -2.14. The average Bonchev–Trinajstić information content (AvgIpc) is 1.82. The number of hydrogen-bond donors (Lipinski definition) is 0. The fourth-order valence-electron chi connectivity index (χ4n) is 0.107. The summed E-state index contributed by atoms with van der Waals surface area (Å²) in [5.74, 6) is 0.385. The molecule has 0 aliphatic carbocycles. The summed E-state index contributed by atoms with van der Waals surface area (Å²) >= 11 is 42.2. The Morgan fingerprint density at radius 2 is 1.29 bits per heavy atom. The van der Waals surface area contributed by atoms with E-state index in [1.165, 1.54) is 0 Å². The Balaban J connectivity index is 0. The van der Waals surface area contributed by atoms with Crippen LogP contribution in [0.5, 0.6) is 0 Å². The fraction of sp³-hybridized carbons (Fsp3) is 1.00. The summed E-state index contributed by atoms with van der Waals surface area (Å²) in [5, 5.41) is -0.433. The Morgan fingerprint density at radius 1 is 1.00 bits per heavy atom. The predicted molar refractivity (Wildman–Crippen MR) is 71.2 cm³/mol. The molecule has 0 aromatic heterocycles. The molecule has 0 N–H and O–H groups in total. The van der Waals surface area contributed by atoms with Crippen LogP contribution in [0.4, 0.5) is 0 Å². The summed E-state index contributed by atoms with van der Waals surface area (Å²) in [7, 11) is 0. The SMILES string of the molecule is CC(Cl)C(Cl)(Cl)Cl.ClCCC(Cl)(Cl)Cl. The van der Waals surface area contributed by atoms with Gasteiger partial charge in [-0.1, -0.05) is 69.6 Å². The molecule has 0 aliphatic rings. The van der Waals surface area contributed by atoms with Crippen molar-refractivity contribution in [3.63, 3.8) is 0 Å². The number of halogens is 8. The molecule has 1 atom stereocenters. The molecule has 0 nitrogen and oxygen atoms in total. The number of rotatable bonds is 1. The van der Waals surface area contributed by atoms with E-state index in [0.29, 0.717) is 12.3 Å². The molecule has 8 heteroatoms. The predicted octanol–water partition coefficient (Wildman–Crippen LogP) is 5.97. The molecule has 0 heterocycles. The van der Waals surface area contributed by atoms with Crippen LogP contribution in [0, 0.1) is 0 Å². The third kappa shape index (κ3) is 16.7. The third-order valence-electron chi connectivity index (χ3n) is 0.829. The summed E-state index contributed by atoms with van der Waals surface area (Å²) in [5.41, 5.74) is 0. The number of hydrogen-bond acceptors (Lipinski definition) is 0. The molecule has 0 amide bonds. The second kappa shape index (κ2) is 8.42. The normalized spacial score (nSPS) is 14.4. The zero-order valence-electron chi connectivity index (χ0n) is 7.02. The van der Waals surface area contributed by atoms with Gasteiger partial charge in [0, 0.05) is 12.3 Å². The molecule has 1 unspecified atom stereocenters. The smallest absolute Gasteiger partial charge is 0.127 e. The van der Waals surface area contributed by atoms with Gasteiger partial charge < -0.3 is 0 Å². The topological polar surface area (TPSA) is 0 Å². The molecular weight excluding hydrogens is 356 g/mol.